The van der Waals surface area contributed by atoms with Crippen LogP contribution in [0.4, 0.5) is 0 Å². The van der Waals surface area contributed by atoms with E-state index in [2.05, 4.69) is 44.3 Å². The van der Waals surface area contributed by atoms with Crippen molar-refractivity contribution in [2.45, 2.75) is 33.2 Å². The average molecular weight is 302 g/mol. The first-order valence-electron chi connectivity index (χ1n) is 7.15. The Morgan fingerprint density at radius 1 is 1.14 bits per heavy atom. The van der Waals surface area contributed by atoms with Crippen LogP contribution in [-0.2, 0) is 0 Å². The van der Waals surface area contributed by atoms with E-state index in [1.807, 2.05) is 0 Å². The molecule has 1 amide bonds. The molecule has 1 N–H and O–H groups in total. The summed E-state index contributed by atoms with van der Waals surface area (Å²) >= 11 is 5.85. The van der Waals surface area contributed by atoms with Crippen LogP contribution >= 0.6 is 11.6 Å². The summed E-state index contributed by atoms with van der Waals surface area (Å²) in [4.78, 5) is 12.3. The fourth-order valence-electron chi connectivity index (χ4n) is 2.46. The van der Waals surface area contributed by atoms with Gasteiger partial charge in [0.25, 0.3) is 5.91 Å². The molecule has 2 aromatic rings. The molecule has 0 saturated carbocycles. The van der Waals surface area contributed by atoms with Crippen LogP contribution in [-0.4, -0.2) is 5.91 Å². The number of rotatable bonds is 4. The summed E-state index contributed by atoms with van der Waals surface area (Å²) in [6, 6.07) is 13.3. The van der Waals surface area contributed by atoms with Crippen molar-refractivity contribution in [3.05, 3.63) is 69.7 Å². The Balaban J connectivity index is 2.18. The van der Waals surface area contributed by atoms with Gasteiger partial charge >= 0.3 is 0 Å². The van der Waals surface area contributed by atoms with Gasteiger partial charge in [0, 0.05) is 10.6 Å². The zero-order valence-electron chi connectivity index (χ0n) is 12.6. The lowest BCUT2D eigenvalue weighted by molar-refractivity contribution is 0.0935. The molecule has 0 saturated heterocycles. The third-order valence-electron chi connectivity index (χ3n) is 3.62. The molecule has 2 rings (SSSR count). The highest BCUT2D eigenvalue weighted by molar-refractivity contribution is 6.30. The highest BCUT2D eigenvalue weighted by atomic mass is 35.5. The van der Waals surface area contributed by atoms with Crippen LogP contribution < -0.4 is 5.32 Å². The van der Waals surface area contributed by atoms with Crippen LogP contribution in [0.25, 0.3) is 0 Å². The predicted molar refractivity (Wildman–Crippen MR) is 87.9 cm³/mol. The van der Waals surface area contributed by atoms with E-state index >= 15 is 0 Å². The third kappa shape index (κ3) is 3.85. The third-order valence-corrected chi connectivity index (χ3v) is 3.87. The molecule has 1 atom stereocenters. The molecule has 21 heavy (non-hydrogen) atoms. The predicted octanol–water partition coefficient (Wildman–Crippen LogP) is 4.84. The minimum absolute atomic E-state index is 0.0220. The minimum Gasteiger partial charge on any atom is -0.345 e. The Bertz CT molecular complexity index is 634. The number of hydrogen-bond donors (Lipinski definition) is 1. The van der Waals surface area contributed by atoms with E-state index < -0.39 is 0 Å². The van der Waals surface area contributed by atoms with Crippen molar-refractivity contribution in [1.29, 1.82) is 0 Å². The molecule has 3 heteroatoms. The van der Waals surface area contributed by atoms with Crippen LogP contribution in [0.5, 0.6) is 0 Å². The van der Waals surface area contributed by atoms with E-state index in [0.717, 1.165) is 6.42 Å². The lowest BCUT2D eigenvalue weighted by Crippen LogP contribution is -2.28. The summed E-state index contributed by atoms with van der Waals surface area (Å²) in [6.07, 6.45) is 0.850. The van der Waals surface area contributed by atoms with Crippen LogP contribution in [0.1, 0.15) is 46.4 Å². The van der Waals surface area contributed by atoms with Gasteiger partial charge in [-0.25, -0.2) is 0 Å². The maximum atomic E-state index is 12.3. The maximum Gasteiger partial charge on any atom is 0.251 e. The molecule has 0 unspecified atom stereocenters. The second-order valence-electron chi connectivity index (χ2n) is 5.30. The second-order valence-corrected chi connectivity index (χ2v) is 5.74. The van der Waals surface area contributed by atoms with Gasteiger partial charge in [0.15, 0.2) is 0 Å². The van der Waals surface area contributed by atoms with Gasteiger partial charge in [0.2, 0.25) is 0 Å². The summed E-state index contributed by atoms with van der Waals surface area (Å²) in [5.74, 6) is -0.0708. The summed E-state index contributed by atoms with van der Waals surface area (Å²) in [5, 5.41) is 3.73. The number of hydrogen-bond acceptors (Lipinski definition) is 1. The summed E-state index contributed by atoms with van der Waals surface area (Å²) in [7, 11) is 0. The molecule has 2 aromatic carbocycles. The molecule has 0 fully saturated rings. The van der Waals surface area contributed by atoms with Crippen molar-refractivity contribution in [2.75, 3.05) is 0 Å². The molecule has 0 spiro atoms. The second kappa shape index (κ2) is 6.77. The topological polar surface area (TPSA) is 29.1 Å². The van der Waals surface area contributed by atoms with E-state index in [1.54, 1.807) is 24.3 Å². The fraction of sp³-hybridized carbons (Fsp3) is 0.278. The quantitative estimate of drug-likeness (QED) is 0.860. The number of halogens is 1. The Morgan fingerprint density at radius 2 is 1.81 bits per heavy atom. The van der Waals surface area contributed by atoms with Crippen LogP contribution in [0.15, 0.2) is 42.5 Å². The van der Waals surface area contributed by atoms with Gasteiger partial charge in [-0.15, -0.1) is 0 Å². The first-order chi connectivity index (χ1) is 10.0. The highest BCUT2D eigenvalue weighted by Crippen LogP contribution is 2.22. The summed E-state index contributed by atoms with van der Waals surface area (Å²) in [5.41, 5.74) is 4.24. The molecule has 110 valence electrons. The molecule has 0 aliphatic carbocycles. The molecule has 0 aliphatic heterocycles. The van der Waals surface area contributed by atoms with E-state index in [1.165, 1.54) is 16.7 Å². The van der Waals surface area contributed by atoms with Gasteiger partial charge in [0.1, 0.15) is 0 Å². The highest BCUT2D eigenvalue weighted by Gasteiger charge is 2.15. The van der Waals surface area contributed by atoms with Gasteiger partial charge < -0.3 is 5.32 Å². The molecular weight excluding hydrogens is 282 g/mol. The Hall–Kier alpha value is -1.80. The van der Waals surface area contributed by atoms with E-state index in [4.69, 9.17) is 11.6 Å². The van der Waals surface area contributed by atoms with Gasteiger partial charge in [-0.05, 0) is 55.7 Å². The molecule has 0 bridgehead atoms. The lowest BCUT2D eigenvalue weighted by atomic mass is 9.97. The molecular formula is C18H20ClNO. The molecule has 0 heterocycles. The number of nitrogens with one attached hydrogen (secondary N) is 1. The summed E-state index contributed by atoms with van der Waals surface area (Å²) < 4.78 is 0. The van der Waals surface area contributed by atoms with E-state index in [9.17, 15) is 4.79 Å². The lowest BCUT2D eigenvalue weighted by Gasteiger charge is -2.20. The smallest absolute Gasteiger partial charge is 0.251 e. The maximum absolute atomic E-state index is 12.3. The first-order valence-corrected chi connectivity index (χ1v) is 7.52. The van der Waals surface area contributed by atoms with E-state index in [-0.39, 0.29) is 11.9 Å². The minimum atomic E-state index is -0.0708. The van der Waals surface area contributed by atoms with E-state index in [0.29, 0.717) is 10.6 Å². The molecule has 0 radical (unpaired) electrons. The number of carbonyl (C=O) groups excluding carboxylic acids is 1. The van der Waals surface area contributed by atoms with Crippen molar-refractivity contribution < 1.29 is 4.79 Å². The molecule has 0 aromatic heterocycles. The van der Waals surface area contributed by atoms with Crippen molar-refractivity contribution in [3.8, 4) is 0 Å². The van der Waals surface area contributed by atoms with Gasteiger partial charge in [-0.2, -0.15) is 0 Å². The van der Waals surface area contributed by atoms with Crippen LogP contribution in [0.2, 0.25) is 5.02 Å². The van der Waals surface area contributed by atoms with Crippen molar-refractivity contribution >= 4 is 17.5 Å². The van der Waals surface area contributed by atoms with Gasteiger partial charge in [0.05, 0.1) is 6.04 Å². The molecule has 2 nitrogen and oxygen atoms in total. The van der Waals surface area contributed by atoms with Crippen LogP contribution in [0, 0.1) is 13.8 Å². The standard InChI is InChI=1S/C18H20ClNO/c1-4-17(16-10-5-12(2)11-13(16)3)20-18(21)14-6-8-15(19)9-7-14/h5-11,17H,4H2,1-3H3,(H,20,21)/t17-/m0/s1. The number of amides is 1. The summed E-state index contributed by atoms with van der Waals surface area (Å²) in [6.45, 7) is 6.23. The fourth-order valence-corrected chi connectivity index (χ4v) is 2.59. The number of benzene rings is 2. The van der Waals surface area contributed by atoms with Crippen LogP contribution in [0.3, 0.4) is 0 Å². The Labute approximate surface area is 131 Å². The Kier molecular flexibility index (Phi) is 5.03. The van der Waals surface area contributed by atoms with Gasteiger partial charge in [-0.3, -0.25) is 4.79 Å². The van der Waals surface area contributed by atoms with Gasteiger partial charge in [-0.1, -0.05) is 42.3 Å². The first kappa shape index (κ1) is 15.6. The largest absolute Gasteiger partial charge is 0.345 e. The SMILES string of the molecule is CC[C@H](NC(=O)c1ccc(Cl)cc1)c1ccc(C)cc1C. The number of carbonyl (C=O) groups is 1. The van der Waals surface area contributed by atoms with Crippen molar-refractivity contribution in [2.24, 2.45) is 0 Å². The average Bonchev–Trinajstić information content (AvgIpc) is 2.46. The monoisotopic (exact) mass is 301 g/mol. The number of aryl methyl sites for hydroxylation is 2. The van der Waals surface area contributed by atoms with Crippen molar-refractivity contribution in [1.82, 2.24) is 5.32 Å². The zero-order chi connectivity index (χ0) is 15.4. The van der Waals surface area contributed by atoms with Crippen molar-refractivity contribution in [3.63, 3.8) is 0 Å². The normalized spacial score (nSPS) is 12.0. The zero-order valence-corrected chi connectivity index (χ0v) is 13.4. The molecule has 0 aliphatic rings. The Morgan fingerprint density at radius 3 is 2.38 bits per heavy atom.